The van der Waals surface area contributed by atoms with Crippen LogP contribution < -0.4 is 19.5 Å². The molecule has 0 atom stereocenters. The molecule has 174 valence electrons. The highest BCUT2D eigenvalue weighted by molar-refractivity contribution is 9.10. The molecular weight excluding hydrogens is 506 g/mol. The van der Waals surface area contributed by atoms with Crippen molar-refractivity contribution in [2.45, 2.75) is 0 Å². The number of anilines is 1. The molecule has 0 bridgehead atoms. The van der Waals surface area contributed by atoms with E-state index < -0.39 is 11.6 Å². The Hall–Kier alpha value is -3.76. The van der Waals surface area contributed by atoms with Gasteiger partial charge >= 0.3 is 0 Å². The first-order valence-electron chi connectivity index (χ1n) is 10.2. The summed E-state index contributed by atoms with van der Waals surface area (Å²) in [5.41, 5.74) is 0.628. The molecule has 10 heteroatoms. The molecule has 0 saturated heterocycles. The Kier molecular flexibility index (Phi) is 7.19. The lowest BCUT2D eigenvalue weighted by Crippen LogP contribution is -2.21. The lowest BCUT2D eigenvalue weighted by molar-refractivity contribution is -0.116. The van der Waals surface area contributed by atoms with Crippen LogP contribution in [0.3, 0.4) is 0 Å². The molecular formula is C24H20BrN3O6. The number of nitrogens with one attached hydrogen (secondary N) is 1. The number of carbonyl (C=O) groups is 2. The zero-order chi connectivity index (χ0) is 24.1. The Bertz CT molecular complexity index is 1300. The second-order valence-electron chi connectivity index (χ2n) is 7.06. The van der Waals surface area contributed by atoms with E-state index in [0.717, 1.165) is 10.5 Å². The van der Waals surface area contributed by atoms with Gasteiger partial charge in [0.2, 0.25) is 11.6 Å². The maximum atomic E-state index is 12.7. The SMILES string of the molecule is COCCOc1cc2ncnc(NC3=CC(=O)C(Oc4ccc(Br)cc4)=CC3=O)c2cc1OC. The number of allylic oxidation sites excluding steroid dienone is 2. The first kappa shape index (κ1) is 23.4. The van der Waals surface area contributed by atoms with Crippen molar-refractivity contribution < 1.29 is 28.5 Å². The number of fused-ring (bicyclic) bond motifs is 1. The molecule has 0 fully saturated rings. The van der Waals surface area contributed by atoms with E-state index in [2.05, 4.69) is 31.2 Å². The highest BCUT2D eigenvalue weighted by Crippen LogP contribution is 2.34. The van der Waals surface area contributed by atoms with E-state index in [9.17, 15) is 9.59 Å². The second kappa shape index (κ2) is 10.4. The van der Waals surface area contributed by atoms with Crippen molar-refractivity contribution in [2.75, 3.05) is 32.8 Å². The van der Waals surface area contributed by atoms with Gasteiger partial charge in [0.05, 0.1) is 24.9 Å². The molecule has 9 nitrogen and oxygen atoms in total. The molecule has 0 aliphatic heterocycles. The molecule has 3 aromatic rings. The summed E-state index contributed by atoms with van der Waals surface area (Å²) in [6, 6.07) is 10.3. The van der Waals surface area contributed by atoms with Gasteiger partial charge in [0, 0.05) is 35.2 Å². The monoisotopic (exact) mass is 525 g/mol. The van der Waals surface area contributed by atoms with E-state index in [1.165, 1.54) is 19.5 Å². The maximum Gasteiger partial charge on any atom is 0.223 e. The number of hydrogen-bond acceptors (Lipinski definition) is 9. The average molecular weight is 526 g/mol. The summed E-state index contributed by atoms with van der Waals surface area (Å²) in [5, 5.41) is 3.52. The molecule has 1 N–H and O–H groups in total. The van der Waals surface area contributed by atoms with E-state index in [1.807, 2.05) is 0 Å². The maximum absolute atomic E-state index is 12.7. The first-order chi connectivity index (χ1) is 16.5. The quantitative estimate of drug-likeness (QED) is 0.329. The molecule has 1 aromatic heterocycles. The van der Waals surface area contributed by atoms with Gasteiger partial charge in [-0.15, -0.1) is 0 Å². The van der Waals surface area contributed by atoms with Gasteiger partial charge in [0.15, 0.2) is 17.3 Å². The van der Waals surface area contributed by atoms with Crippen LogP contribution in [0.15, 0.2) is 70.8 Å². The lowest BCUT2D eigenvalue weighted by atomic mass is 10.1. The summed E-state index contributed by atoms with van der Waals surface area (Å²) in [6.07, 6.45) is 3.69. The Morgan fingerprint density at radius 2 is 1.74 bits per heavy atom. The summed E-state index contributed by atoms with van der Waals surface area (Å²) < 4.78 is 22.6. The molecule has 0 saturated carbocycles. The number of rotatable bonds is 9. The van der Waals surface area contributed by atoms with Gasteiger partial charge in [-0.1, -0.05) is 15.9 Å². The molecule has 0 radical (unpaired) electrons. The van der Waals surface area contributed by atoms with E-state index in [1.54, 1.807) is 43.5 Å². The van der Waals surface area contributed by atoms with Crippen molar-refractivity contribution in [3.63, 3.8) is 0 Å². The highest BCUT2D eigenvalue weighted by Gasteiger charge is 2.23. The molecule has 1 aliphatic carbocycles. The lowest BCUT2D eigenvalue weighted by Gasteiger charge is -2.16. The van der Waals surface area contributed by atoms with Crippen LogP contribution in [0.5, 0.6) is 17.2 Å². The standard InChI is InChI=1S/C24H20BrN3O6/c1-31-7-8-33-23-11-17-16(9-22(23)32-2)24(27-13-26-17)28-18-10-20(30)21(12-19(18)29)34-15-5-3-14(25)4-6-15/h3-6,9-13H,7-8H2,1-2H3,(H,26,27,28). The predicted octanol–water partition coefficient (Wildman–Crippen LogP) is 3.84. The summed E-state index contributed by atoms with van der Waals surface area (Å²) >= 11 is 3.34. The van der Waals surface area contributed by atoms with Crippen molar-refractivity contribution in [1.29, 1.82) is 0 Å². The van der Waals surface area contributed by atoms with Crippen LogP contribution in [0.1, 0.15) is 0 Å². The van der Waals surface area contributed by atoms with Crippen molar-refractivity contribution >= 4 is 44.2 Å². The minimum absolute atomic E-state index is 0.0625. The van der Waals surface area contributed by atoms with Crippen LogP contribution >= 0.6 is 15.9 Å². The minimum atomic E-state index is -0.449. The molecule has 0 unspecified atom stereocenters. The van der Waals surface area contributed by atoms with Gasteiger partial charge in [-0.25, -0.2) is 9.97 Å². The molecule has 1 aliphatic rings. The Morgan fingerprint density at radius 1 is 0.941 bits per heavy atom. The van der Waals surface area contributed by atoms with Gasteiger partial charge in [-0.05, 0) is 30.3 Å². The van der Waals surface area contributed by atoms with Crippen LogP contribution in [0, 0.1) is 0 Å². The average Bonchev–Trinajstić information content (AvgIpc) is 2.83. The predicted molar refractivity (Wildman–Crippen MR) is 128 cm³/mol. The summed E-state index contributed by atoms with van der Waals surface area (Å²) in [6.45, 7) is 0.762. The number of benzene rings is 2. The van der Waals surface area contributed by atoms with Crippen LogP contribution in [0.4, 0.5) is 5.82 Å². The van der Waals surface area contributed by atoms with E-state index in [0.29, 0.717) is 47.2 Å². The van der Waals surface area contributed by atoms with Crippen molar-refractivity contribution in [1.82, 2.24) is 9.97 Å². The molecule has 1 heterocycles. The number of methoxy groups -OCH3 is 2. The number of ether oxygens (including phenoxy) is 4. The molecule has 2 aromatic carbocycles. The Labute approximate surface area is 203 Å². The normalized spacial score (nSPS) is 13.4. The number of aromatic nitrogens is 2. The van der Waals surface area contributed by atoms with Crippen LogP contribution in [-0.2, 0) is 14.3 Å². The third-order valence-electron chi connectivity index (χ3n) is 4.81. The van der Waals surface area contributed by atoms with Crippen LogP contribution in [0.25, 0.3) is 10.9 Å². The fourth-order valence-electron chi connectivity index (χ4n) is 3.15. The number of halogens is 1. The highest BCUT2D eigenvalue weighted by atomic mass is 79.9. The fraction of sp³-hybridized carbons (Fsp3) is 0.167. The topological polar surface area (TPSA) is 109 Å². The van der Waals surface area contributed by atoms with E-state index in [4.69, 9.17) is 18.9 Å². The number of hydrogen-bond donors (Lipinski definition) is 1. The molecule has 0 spiro atoms. The van der Waals surface area contributed by atoms with Gasteiger partial charge in [0.1, 0.15) is 24.5 Å². The van der Waals surface area contributed by atoms with Gasteiger partial charge in [0.25, 0.3) is 0 Å². The smallest absolute Gasteiger partial charge is 0.223 e. The van der Waals surface area contributed by atoms with Gasteiger partial charge in [-0.2, -0.15) is 0 Å². The first-order valence-corrected chi connectivity index (χ1v) is 10.9. The second-order valence-corrected chi connectivity index (χ2v) is 7.98. The van der Waals surface area contributed by atoms with Crippen LogP contribution in [-0.4, -0.2) is 49.0 Å². The zero-order valence-corrected chi connectivity index (χ0v) is 19.9. The van der Waals surface area contributed by atoms with Crippen molar-refractivity contribution in [2.24, 2.45) is 0 Å². The number of nitrogens with zero attached hydrogens (tertiary/aromatic N) is 2. The molecule has 0 amide bonds. The number of ketones is 2. The summed E-state index contributed by atoms with van der Waals surface area (Å²) in [5.74, 6) is 0.802. The fourth-order valence-corrected chi connectivity index (χ4v) is 3.41. The third-order valence-corrected chi connectivity index (χ3v) is 5.33. The largest absolute Gasteiger partial charge is 0.493 e. The van der Waals surface area contributed by atoms with Gasteiger partial charge in [-0.3, -0.25) is 9.59 Å². The Balaban J connectivity index is 1.56. The van der Waals surface area contributed by atoms with Gasteiger partial charge < -0.3 is 24.3 Å². The third kappa shape index (κ3) is 5.24. The molecule has 34 heavy (non-hydrogen) atoms. The van der Waals surface area contributed by atoms with E-state index in [-0.39, 0.29) is 11.5 Å². The molecule has 4 rings (SSSR count). The Morgan fingerprint density at radius 3 is 2.47 bits per heavy atom. The van der Waals surface area contributed by atoms with E-state index >= 15 is 0 Å². The number of carbonyl (C=O) groups excluding carboxylic acids is 2. The summed E-state index contributed by atoms with van der Waals surface area (Å²) in [4.78, 5) is 33.8. The zero-order valence-electron chi connectivity index (χ0n) is 18.3. The van der Waals surface area contributed by atoms with Crippen LogP contribution in [0.2, 0.25) is 0 Å². The van der Waals surface area contributed by atoms with Crippen molar-refractivity contribution in [3.05, 3.63) is 70.8 Å². The summed E-state index contributed by atoms with van der Waals surface area (Å²) in [7, 11) is 3.11. The minimum Gasteiger partial charge on any atom is -0.493 e. The van der Waals surface area contributed by atoms with Crippen molar-refractivity contribution in [3.8, 4) is 17.2 Å².